The Hall–Kier alpha value is -2.02. The molecule has 0 aliphatic heterocycles. The van der Waals surface area contributed by atoms with Crippen molar-refractivity contribution in [2.45, 2.75) is 6.92 Å². The second kappa shape index (κ2) is 6.42. The van der Waals surface area contributed by atoms with Crippen molar-refractivity contribution in [3.05, 3.63) is 46.3 Å². The van der Waals surface area contributed by atoms with Gasteiger partial charge in [0, 0.05) is 10.5 Å². The van der Waals surface area contributed by atoms with E-state index in [4.69, 9.17) is 4.74 Å². The van der Waals surface area contributed by atoms with E-state index in [1.807, 2.05) is 6.92 Å². The number of nitrogens with one attached hydrogen (secondary N) is 1. The first-order valence-electron chi connectivity index (χ1n) is 5.83. The summed E-state index contributed by atoms with van der Waals surface area (Å²) in [7, 11) is 0. The van der Waals surface area contributed by atoms with Crippen molar-refractivity contribution in [2.75, 3.05) is 11.9 Å². The van der Waals surface area contributed by atoms with Crippen LogP contribution in [0, 0.1) is 5.82 Å². The van der Waals surface area contributed by atoms with E-state index in [1.165, 1.54) is 24.3 Å². The van der Waals surface area contributed by atoms with Gasteiger partial charge in [0.05, 0.1) is 12.3 Å². The number of hydrogen-bond donors (Lipinski definition) is 1. The number of amides is 1. The molecule has 1 heterocycles. The standard InChI is InChI=1S/C13H11BrFN3O2/c1-2-20-12-6-5-11(17-18-12)13(19)16-10-4-3-8(14)7-9(10)15/h3-7H,2H2,1H3,(H,16,19). The monoisotopic (exact) mass is 339 g/mol. The Morgan fingerprint density at radius 3 is 2.75 bits per heavy atom. The van der Waals surface area contributed by atoms with Gasteiger partial charge in [-0.2, -0.15) is 0 Å². The van der Waals surface area contributed by atoms with Crippen LogP contribution in [0.15, 0.2) is 34.8 Å². The number of hydrogen-bond acceptors (Lipinski definition) is 4. The maximum absolute atomic E-state index is 13.6. The van der Waals surface area contributed by atoms with Crippen LogP contribution in [0.1, 0.15) is 17.4 Å². The molecule has 0 fully saturated rings. The van der Waals surface area contributed by atoms with Gasteiger partial charge in [0.15, 0.2) is 5.69 Å². The van der Waals surface area contributed by atoms with Gasteiger partial charge in [0.2, 0.25) is 5.88 Å². The first-order chi connectivity index (χ1) is 9.60. The van der Waals surface area contributed by atoms with Crippen LogP contribution in [0.25, 0.3) is 0 Å². The average Bonchev–Trinajstić information content (AvgIpc) is 2.43. The first kappa shape index (κ1) is 14.4. The van der Waals surface area contributed by atoms with E-state index >= 15 is 0 Å². The molecule has 1 aromatic carbocycles. The second-order valence-electron chi connectivity index (χ2n) is 3.77. The summed E-state index contributed by atoms with van der Waals surface area (Å²) in [6.45, 7) is 2.28. The van der Waals surface area contributed by atoms with Crippen LogP contribution in [0.3, 0.4) is 0 Å². The quantitative estimate of drug-likeness (QED) is 0.929. The summed E-state index contributed by atoms with van der Waals surface area (Å²) in [6, 6.07) is 7.34. The Labute approximate surface area is 123 Å². The van der Waals surface area contributed by atoms with Gasteiger partial charge < -0.3 is 10.1 Å². The molecular weight excluding hydrogens is 329 g/mol. The van der Waals surface area contributed by atoms with E-state index < -0.39 is 11.7 Å². The molecule has 1 N–H and O–H groups in total. The normalized spacial score (nSPS) is 10.2. The van der Waals surface area contributed by atoms with Gasteiger partial charge in [0.1, 0.15) is 5.82 Å². The van der Waals surface area contributed by atoms with Crippen LogP contribution in [-0.2, 0) is 0 Å². The summed E-state index contributed by atoms with van der Waals surface area (Å²) in [5.41, 5.74) is 0.157. The Kier molecular flexibility index (Phi) is 4.62. The molecule has 0 unspecified atom stereocenters. The van der Waals surface area contributed by atoms with Crippen LogP contribution in [0.2, 0.25) is 0 Å². The topological polar surface area (TPSA) is 64.1 Å². The summed E-state index contributed by atoms with van der Waals surface area (Å²) >= 11 is 3.14. The molecule has 0 spiro atoms. The third-order valence-electron chi connectivity index (χ3n) is 2.34. The molecule has 2 rings (SSSR count). The third kappa shape index (κ3) is 3.51. The van der Waals surface area contributed by atoms with Crippen molar-refractivity contribution in [3.63, 3.8) is 0 Å². The van der Waals surface area contributed by atoms with Crippen molar-refractivity contribution in [1.82, 2.24) is 10.2 Å². The molecule has 0 atom stereocenters. The average molecular weight is 340 g/mol. The summed E-state index contributed by atoms with van der Waals surface area (Å²) in [6.07, 6.45) is 0. The van der Waals surface area contributed by atoms with Crippen LogP contribution >= 0.6 is 15.9 Å². The molecule has 0 saturated heterocycles. The number of aromatic nitrogens is 2. The highest BCUT2D eigenvalue weighted by molar-refractivity contribution is 9.10. The van der Waals surface area contributed by atoms with Crippen molar-refractivity contribution < 1.29 is 13.9 Å². The van der Waals surface area contributed by atoms with Gasteiger partial charge in [-0.25, -0.2) is 4.39 Å². The predicted octanol–water partition coefficient (Wildman–Crippen LogP) is 3.03. The highest BCUT2D eigenvalue weighted by Crippen LogP contribution is 2.19. The van der Waals surface area contributed by atoms with E-state index in [0.717, 1.165) is 0 Å². The van der Waals surface area contributed by atoms with Gasteiger partial charge >= 0.3 is 0 Å². The Balaban J connectivity index is 2.11. The third-order valence-corrected chi connectivity index (χ3v) is 2.84. The molecule has 2 aromatic rings. The number of nitrogens with zero attached hydrogens (tertiary/aromatic N) is 2. The maximum atomic E-state index is 13.6. The van der Waals surface area contributed by atoms with Crippen molar-refractivity contribution in [1.29, 1.82) is 0 Å². The van der Waals surface area contributed by atoms with Crippen molar-refractivity contribution >= 4 is 27.5 Å². The molecule has 0 aliphatic rings. The summed E-state index contributed by atoms with van der Waals surface area (Å²) in [4.78, 5) is 11.9. The van der Waals surface area contributed by atoms with E-state index in [-0.39, 0.29) is 11.4 Å². The smallest absolute Gasteiger partial charge is 0.276 e. The molecule has 20 heavy (non-hydrogen) atoms. The molecule has 5 nitrogen and oxygen atoms in total. The lowest BCUT2D eigenvalue weighted by Gasteiger charge is -2.06. The molecule has 7 heteroatoms. The van der Waals surface area contributed by atoms with E-state index in [2.05, 4.69) is 31.4 Å². The Bertz CT molecular complexity index is 620. The predicted molar refractivity (Wildman–Crippen MR) is 75.3 cm³/mol. The van der Waals surface area contributed by atoms with Gasteiger partial charge in [-0.05, 0) is 31.2 Å². The first-order valence-corrected chi connectivity index (χ1v) is 6.62. The highest BCUT2D eigenvalue weighted by Gasteiger charge is 2.11. The summed E-state index contributed by atoms with van der Waals surface area (Å²) in [5, 5.41) is 9.88. The number of rotatable bonds is 4. The second-order valence-corrected chi connectivity index (χ2v) is 4.68. The number of carbonyl (C=O) groups is 1. The van der Waals surface area contributed by atoms with E-state index in [9.17, 15) is 9.18 Å². The van der Waals surface area contributed by atoms with Gasteiger partial charge in [-0.3, -0.25) is 4.79 Å². The fourth-order valence-electron chi connectivity index (χ4n) is 1.44. The number of benzene rings is 1. The minimum atomic E-state index is -0.540. The zero-order chi connectivity index (χ0) is 14.5. The number of carbonyl (C=O) groups excluding carboxylic acids is 1. The molecule has 1 amide bonds. The SMILES string of the molecule is CCOc1ccc(C(=O)Nc2ccc(Br)cc2F)nn1. The van der Waals surface area contributed by atoms with Crippen LogP contribution in [0.4, 0.5) is 10.1 Å². The molecular formula is C13H11BrFN3O2. The number of halogens is 2. The molecule has 104 valence electrons. The minimum absolute atomic E-state index is 0.0777. The summed E-state index contributed by atoms with van der Waals surface area (Å²) < 4.78 is 19.3. The van der Waals surface area contributed by atoms with Crippen LogP contribution in [0.5, 0.6) is 5.88 Å². The van der Waals surface area contributed by atoms with Crippen LogP contribution in [-0.4, -0.2) is 22.7 Å². The lowest BCUT2D eigenvalue weighted by atomic mass is 10.3. The van der Waals surface area contributed by atoms with Crippen LogP contribution < -0.4 is 10.1 Å². The highest BCUT2D eigenvalue weighted by atomic mass is 79.9. The zero-order valence-electron chi connectivity index (χ0n) is 10.6. The van der Waals surface area contributed by atoms with Gasteiger partial charge in [-0.1, -0.05) is 15.9 Å². The Morgan fingerprint density at radius 1 is 1.35 bits per heavy atom. The fraction of sp³-hybridized carbons (Fsp3) is 0.154. The van der Waals surface area contributed by atoms with Gasteiger partial charge in [-0.15, -0.1) is 10.2 Å². The number of ether oxygens (including phenoxy) is 1. The molecule has 0 bridgehead atoms. The Morgan fingerprint density at radius 2 is 2.15 bits per heavy atom. The van der Waals surface area contributed by atoms with E-state index in [0.29, 0.717) is 17.0 Å². The zero-order valence-corrected chi connectivity index (χ0v) is 12.1. The van der Waals surface area contributed by atoms with E-state index in [1.54, 1.807) is 6.07 Å². The molecule has 0 radical (unpaired) electrons. The largest absolute Gasteiger partial charge is 0.477 e. The summed E-state index contributed by atoms with van der Waals surface area (Å²) in [5.74, 6) is -0.743. The maximum Gasteiger partial charge on any atom is 0.276 e. The molecule has 1 aromatic heterocycles. The lowest BCUT2D eigenvalue weighted by molar-refractivity contribution is 0.102. The van der Waals surface area contributed by atoms with Crippen molar-refractivity contribution in [3.8, 4) is 5.88 Å². The lowest BCUT2D eigenvalue weighted by Crippen LogP contribution is -2.15. The minimum Gasteiger partial charge on any atom is -0.477 e. The van der Waals surface area contributed by atoms with Crippen molar-refractivity contribution in [2.24, 2.45) is 0 Å². The van der Waals surface area contributed by atoms with Gasteiger partial charge in [0.25, 0.3) is 5.91 Å². The fourth-order valence-corrected chi connectivity index (χ4v) is 1.78. The molecule has 0 saturated carbocycles. The number of anilines is 1. The molecule has 0 aliphatic carbocycles.